The van der Waals surface area contributed by atoms with Gasteiger partial charge in [-0.3, -0.25) is 4.79 Å². The van der Waals surface area contributed by atoms with Crippen molar-refractivity contribution in [1.29, 1.82) is 0 Å². The van der Waals surface area contributed by atoms with Crippen LogP contribution in [-0.4, -0.2) is 40.5 Å². The highest BCUT2D eigenvalue weighted by molar-refractivity contribution is 9.10. The number of thioether (sulfide) groups is 1. The van der Waals surface area contributed by atoms with E-state index in [4.69, 9.17) is 4.74 Å². The number of aromatic nitrogens is 1. The van der Waals surface area contributed by atoms with Gasteiger partial charge in [0.2, 0.25) is 5.91 Å². The number of hydrogen-bond donors (Lipinski definition) is 2. The molecule has 25 heavy (non-hydrogen) atoms. The highest BCUT2D eigenvalue weighted by atomic mass is 79.9. The van der Waals surface area contributed by atoms with E-state index in [-0.39, 0.29) is 18.3 Å². The van der Waals surface area contributed by atoms with Crippen LogP contribution in [0.15, 0.2) is 28.9 Å². The number of hydrogen-bond acceptors (Lipinski definition) is 4. The number of carbonyl (C=O) groups excluding carboxylic acids is 2. The van der Waals surface area contributed by atoms with Crippen LogP contribution in [0.5, 0.6) is 0 Å². The number of aromatic amines is 1. The molecule has 1 aliphatic heterocycles. The normalized spacial score (nSPS) is 16.6. The summed E-state index contributed by atoms with van der Waals surface area (Å²) in [4.78, 5) is 28.3. The third kappa shape index (κ3) is 3.87. The summed E-state index contributed by atoms with van der Waals surface area (Å²) >= 11 is 5.34. The Balaban J connectivity index is 1.78. The number of carbonyl (C=O) groups is 2. The fraction of sp³-hybridized carbons (Fsp3) is 0.444. The van der Waals surface area contributed by atoms with Gasteiger partial charge in [-0.15, -0.1) is 0 Å². The zero-order valence-electron chi connectivity index (χ0n) is 14.1. The third-order valence-corrected chi connectivity index (χ3v) is 6.13. The van der Waals surface area contributed by atoms with Gasteiger partial charge in [0.25, 0.3) is 0 Å². The zero-order chi connectivity index (χ0) is 17.9. The molecule has 7 heteroatoms. The summed E-state index contributed by atoms with van der Waals surface area (Å²) < 4.78 is 6.18. The number of benzene rings is 1. The Labute approximate surface area is 159 Å². The van der Waals surface area contributed by atoms with Gasteiger partial charge in [0.15, 0.2) is 0 Å². The molecule has 1 saturated heterocycles. The number of ether oxygens (including phenoxy) is 1. The minimum Gasteiger partial charge on any atom is -0.464 e. The molecule has 0 atom stereocenters. The number of amides is 1. The summed E-state index contributed by atoms with van der Waals surface area (Å²) in [6.45, 7) is 2.10. The van der Waals surface area contributed by atoms with Crippen LogP contribution >= 0.6 is 27.7 Å². The van der Waals surface area contributed by atoms with Crippen molar-refractivity contribution < 1.29 is 14.3 Å². The molecule has 2 aromatic rings. The van der Waals surface area contributed by atoms with E-state index >= 15 is 0 Å². The maximum atomic E-state index is 12.7. The van der Waals surface area contributed by atoms with Gasteiger partial charge < -0.3 is 15.0 Å². The summed E-state index contributed by atoms with van der Waals surface area (Å²) in [5, 5.41) is 3.99. The van der Waals surface area contributed by atoms with Gasteiger partial charge in [-0.2, -0.15) is 11.8 Å². The lowest BCUT2D eigenvalue weighted by atomic mass is 9.91. The fourth-order valence-electron chi connectivity index (χ4n) is 3.20. The molecule has 0 radical (unpaired) electrons. The quantitative estimate of drug-likeness (QED) is 0.721. The molecule has 2 heterocycles. The minimum atomic E-state index is -0.887. The van der Waals surface area contributed by atoms with E-state index in [1.807, 2.05) is 24.4 Å². The molecule has 0 aliphatic carbocycles. The Morgan fingerprint density at radius 2 is 2.12 bits per heavy atom. The Morgan fingerprint density at radius 1 is 1.36 bits per heavy atom. The van der Waals surface area contributed by atoms with Crippen molar-refractivity contribution in [3.63, 3.8) is 0 Å². The highest BCUT2D eigenvalue weighted by Crippen LogP contribution is 2.30. The van der Waals surface area contributed by atoms with E-state index in [2.05, 4.69) is 26.2 Å². The van der Waals surface area contributed by atoms with Crippen LogP contribution in [0.4, 0.5) is 0 Å². The maximum Gasteiger partial charge on any atom is 0.331 e. The Morgan fingerprint density at radius 3 is 2.84 bits per heavy atom. The first kappa shape index (κ1) is 18.3. The van der Waals surface area contributed by atoms with E-state index in [0.29, 0.717) is 19.4 Å². The second kappa shape index (κ2) is 7.83. The summed E-state index contributed by atoms with van der Waals surface area (Å²) in [5.74, 6) is 1.22. The van der Waals surface area contributed by atoms with Gasteiger partial charge >= 0.3 is 5.97 Å². The first-order valence-corrected chi connectivity index (χ1v) is 10.3. The number of nitrogens with one attached hydrogen (secondary N) is 2. The summed E-state index contributed by atoms with van der Waals surface area (Å²) in [7, 11) is 0. The van der Waals surface area contributed by atoms with Crippen molar-refractivity contribution in [2.75, 3.05) is 18.1 Å². The molecule has 0 unspecified atom stereocenters. The molecule has 0 bridgehead atoms. The largest absolute Gasteiger partial charge is 0.464 e. The molecule has 1 aromatic heterocycles. The van der Waals surface area contributed by atoms with Crippen molar-refractivity contribution in [3.8, 4) is 0 Å². The lowest BCUT2D eigenvalue weighted by molar-refractivity contribution is -0.153. The zero-order valence-corrected chi connectivity index (χ0v) is 16.5. The number of fused-ring (bicyclic) bond motifs is 1. The van der Waals surface area contributed by atoms with E-state index < -0.39 is 5.54 Å². The number of H-pyrrole nitrogens is 1. The predicted molar refractivity (Wildman–Crippen MR) is 104 cm³/mol. The van der Waals surface area contributed by atoms with Gasteiger partial charge in [-0.25, -0.2) is 4.79 Å². The second-order valence-electron chi connectivity index (χ2n) is 6.12. The Bertz CT molecular complexity index is 784. The van der Waals surface area contributed by atoms with Crippen LogP contribution in [-0.2, 0) is 20.7 Å². The van der Waals surface area contributed by atoms with Crippen LogP contribution in [0.2, 0.25) is 0 Å². The number of esters is 1. The van der Waals surface area contributed by atoms with Gasteiger partial charge in [0.1, 0.15) is 5.54 Å². The van der Waals surface area contributed by atoms with E-state index in [0.717, 1.165) is 32.4 Å². The molecule has 1 fully saturated rings. The predicted octanol–water partition coefficient (Wildman–Crippen LogP) is 3.42. The smallest absolute Gasteiger partial charge is 0.331 e. The van der Waals surface area contributed by atoms with Crippen LogP contribution in [0.1, 0.15) is 25.3 Å². The average molecular weight is 425 g/mol. The van der Waals surface area contributed by atoms with Crippen molar-refractivity contribution in [2.45, 2.75) is 31.7 Å². The van der Waals surface area contributed by atoms with Crippen LogP contribution in [0.25, 0.3) is 10.9 Å². The summed E-state index contributed by atoms with van der Waals surface area (Å²) in [6, 6.07) is 5.87. The fourth-order valence-corrected chi connectivity index (χ4v) is 5.01. The molecule has 3 rings (SSSR count). The van der Waals surface area contributed by atoms with Gasteiger partial charge in [0, 0.05) is 21.6 Å². The molecular weight excluding hydrogens is 404 g/mol. The molecule has 0 saturated carbocycles. The standard InChI is InChI=1S/C18H21BrN2O3S/c1-2-24-17(23)18(6-8-25-9-7-18)21-15(22)10-12-11-20-14-5-3-4-13(19)16(12)14/h3-5,11,20H,2,6-10H2,1H3,(H,21,22). The maximum absolute atomic E-state index is 12.7. The van der Waals surface area contributed by atoms with E-state index in [1.165, 1.54) is 0 Å². The molecule has 1 aromatic carbocycles. The van der Waals surface area contributed by atoms with E-state index in [9.17, 15) is 9.59 Å². The number of halogens is 1. The summed E-state index contributed by atoms with van der Waals surface area (Å²) in [5.41, 5.74) is 0.998. The summed E-state index contributed by atoms with van der Waals surface area (Å²) in [6.07, 6.45) is 3.29. The molecule has 5 nitrogen and oxygen atoms in total. The SMILES string of the molecule is CCOC(=O)C1(NC(=O)Cc2c[nH]c3cccc(Br)c23)CCSCC1. The third-order valence-electron chi connectivity index (χ3n) is 4.48. The minimum absolute atomic E-state index is 0.156. The first-order valence-electron chi connectivity index (χ1n) is 8.36. The van der Waals surface area contributed by atoms with Crippen molar-refractivity contribution >= 4 is 50.5 Å². The molecule has 1 amide bonds. The molecule has 134 valence electrons. The topological polar surface area (TPSA) is 71.2 Å². The molecule has 2 N–H and O–H groups in total. The number of rotatable bonds is 5. The molecule has 0 spiro atoms. The monoisotopic (exact) mass is 424 g/mol. The van der Waals surface area contributed by atoms with Crippen molar-refractivity contribution in [1.82, 2.24) is 10.3 Å². The lowest BCUT2D eigenvalue weighted by Gasteiger charge is -2.35. The second-order valence-corrected chi connectivity index (χ2v) is 8.20. The first-order chi connectivity index (χ1) is 12.1. The Kier molecular flexibility index (Phi) is 5.74. The van der Waals surface area contributed by atoms with Crippen LogP contribution < -0.4 is 5.32 Å². The van der Waals surface area contributed by atoms with Gasteiger partial charge in [-0.1, -0.05) is 22.0 Å². The average Bonchev–Trinajstić information content (AvgIpc) is 3.00. The van der Waals surface area contributed by atoms with Crippen molar-refractivity contribution in [2.24, 2.45) is 0 Å². The van der Waals surface area contributed by atoms with Gasteiger partial charge in [0.05, 0.1) is 13.0 Å². The van der Waals surface area contributed by atoms with E-state index in [1.54, 1.807) is 18.7 Å². The Hall–Kier alpha value is -1.47. The van der Waals surface area contributed by atoms with Crippen LogP contribution in [0.3, 0.4) is 0 Å². The molecular formula is C18H21BrN2O3S. The molecule has 1 aliphatic rings. The van der Waals surface area contributed by atoms with Crippen molar-refractivity contribution in [3.05, 3.63) is 34.4 Å². The lowest BCUT2D eigenvalue weighted by Crippen LogP contribution is -2.57. The van der Waals surface area contributed by atoms with Crippen LogP contribution in [0, 0.1) is 0 Å². The van der Waals surface area contributed by atoms with Gasteiger partial charge in [-0.05, 0) is 49.0 Å². The highest BCUT2D eigenvalue weighted by Gasteiger charge is 2.42.